The Hall–Kier alpha value is -1.10. The van der Waals surface area contributed by atoms with Crippen LogP contribution in [0.15, 0.2) is 0 Å². The van der Waals surface area contributed by atoms with E-state index in [2.05, 4.69) is 33.0 Å². The maximum Gasteiger partial charge on any atom is 0.242 e. The first-order chi connectivity index (χ1) is 8.75. The average Bonchev–Trinajstić information content (AvgIpc) is 2.29. The van der Waals surface area contributed by atoms with Crippen LogP contribution < -0.4 is 5.32 Å². The molecule has 0 aliphatic carbocycles. The lowest BCUT2D eigenvalue weighted by molar-refractivity contribution is -0.149. The highest BCUT2D eigenvalue weighted by molar-refractivity contribution is 5.92. The van der Waals surface area contributed by atoms with Crippen LogP contribution in [0.3, 0.4) is 0 Å². The fourth-order valence-electron chi connectivity index (χ4n) is 2.11. The van der Waals surface area contributed by atoms with Gasteiger partial charge in [-0.15, -0.1) is 0 Å². The van der Waals surface area contributed by atoms with E-state index in [-0.39, 0.29) is 36.4 Å². The monoisotopic (exact) mass is 269 g/mol. The molecule has 2 amide bonds. The first kappa shape index (κ1) is 16.0. The number of nitrogens with zero attached hydrogens (tertiary/aromatic N) is 2. The summed E-state index contributed by atoms with van der Waals surface area (Å²) in [6.07, 6.45) is 1.06. The lowest BCUT2D eigenvalue weighted by atomic mass is 9.86. The molecule has 1 unspecified atom stereocenters. The molecule has 0 radical (unpaired) electrons. The quantitative estimate of drug-likeness (QED) is 0.799. The van der Waals surface area contributed by atoms with Crippen molar-refractivity contribution in [1.82, 2.24) is 15.1 Å². The molecular formula is C14H27N3O2. The van der Waals surface area contributed by atoms with Gasteiger partial charge in [0.05, 0.1) is 13.1 Å². The van der Waals surface area contributed by atoms with Gasteiger partial charge in [0, 0.05) is 19.6 Å². The van der Waals surface area contributed by atoms with Crippen molar-refractivity contribution in [2.24, 2.45) is 5.41 Å². The highest BCUT2D eigenvalue weighted by Gasteiger charge is 2.32. The van der Waals surface area contributed by atoms with Gasteiger partial charge in [-0.1, -0.05) is 27.7 Å². The molecule has 1 rings (SSSR count). The van der Waals surface area contributed by atoms with Gasteiger partial charge in [0.2, 0.25) is 11.8 Å². The summed E-state index contributed by atoms with van der Waals surface area (Å²) >= 11 is 0. The lowest BCUT2D eigenvalue weighted by Crippen LogP contribution is -2.57. The molecule has 0 aromatic rings. The molecule has 1 N–H and O–H groups in total. The van der Waals surface area contributed by atoms with Crippen molar-refractivity contribution in [3.05, 3.63) is 0 Å². The second-order valence-electron chi connectivity index (χ2n) is 6.40. The zero-order valence-electron chi connectivity index (χ0n) is 12.8. The van der Waals surface area contributed by atoms with Crippen LogP contribution in [0.1, 0.15) is 34.1 Å². The summed E-state index contributed by atoms with van der Waals surface area (Å²) in [5, 5.41) is 3.48. The summed E-state index contributed by atoms with van der Waals surface area (Å²) in [6, 6.07) is 0.201. The number of hydrogen-bond donors (Lipinski definition) is 1. The Morgan fingerprint density at radius 2 is 1.84 bits per heavy atom. The number of nitrogens with one attached hydrogen (secondary N) is 1. The van der Waals surface area contributed by atoms with Crippen LogP contribution in [-0.4, -0.2) is 60.9 Å². The molecule has 1 saturated heterocycles. The Morgan fingerprint density at radius 1 is 1.21 bits per heavy atom. The van der Waals surface area contributed by atoms with Gasteiger partial charge in [0.15, 0.2) is 0 Å². The molecule has 0 aromatic heterocycles. The van der Waals surface area contributed by atoms with E-state index in [0.29, 0.717) is 6.54 Å². The maximum atomic E-state index is 12.0. The molecule has 5 heteroatoms. The second-order valence-corrected chi connectivity index (χ2v) is 6.40. The molecule has 5 nitrogen and oxygen atoms in total. The summed E-state index contributed by atoms with van der Waals surface area (Å²) in [5.41, 5.74) is 0.0574. The first-order valence-electron chi connectivity index (χ1n) is 7.00. The predicted molar refractivity (Wildman–Crippen MR) is 75.8 cm³/mol. The van der Waals surface area contributed by atoms with Gasteiger partial charge in [-0.2, -0.15) is 0 Å². The third-order valence-corrected chi connectivity index (χ3v) is 3.57. The fraction of sp³-hybridized carbons (Fsp3) is 0.857. The minimum atomic E-state index is 0.0164. The van der Waals surface area contributed by atoms with E-state index < -0.39 is 0 Å². The number of rotatable bonds is 5. The summed E-state index contributed by atoms with van der Waals surface area (Å²) < 4.78 is 0. The van der Waals surface area contributed by atoms with Crippen molar-refractivity contribution in [3.63, 3.8) is 0 Å². The van der Waals surface area contributed by atoms with Crippen molar-refractivity contribution in [2.75, 3.05) is 33.2 Å². The Bertz CT molecular complexity index is 336. The third-order valence-electron chi connectivity index (χ3n) is 3.57. The Labute approximate surface area is 116 Å². The molecule has 1 atom stereocenters. The number of hydrogen-bond acceptors (Lipinski definition) is 3. The number of amides is 2. The number of piperazine rings is 1. The molecule has 1 heterocycles. The van der Waals surface area contributed by atoms with Gasteiger partial charge in [0.1, 0.15) is 0 Å². The minimum Gasteiger partial charge on any atom is -0.335 e. The smallest absolute Gasteiger partial charge is 0.242 e. The molecule has 0 bridgehead atoms. The van der Waals surface area contributed by atoms with Gasteiger partial charge in [-0.05, 0) is 18.4 Å². The van der Waals surface area contributed by atoms with Gasteiger partial charge in [-0.3, -0.25) is 9.59 Å². The van der Waals surface area contributed by atoms with E-state index in [1.54, 1.807) is 11.9 Å². The van der Waals surface area contributed by atoms with Crippen LogP contribution in [-0.2, 0) is 9.59 Å². The molecule has 0 saturated carbocycles. The number of likely N-dealkylation sites (N-methyl/N-ethyl adjacent to an activating group) is 1. The number of carbonyl (C=O) groups excluding carboxylic acids is 2. The highest BCUT2D eigenvalue weighted by atomic mass is 16.2. The van der Waals surface area contributed by atoms with Crippen molar-refractivity contribution < 1.29 is 9.59 Å². The molecule has 19 heavy (non-hydrogen) atoms. The summed E-state index contributed by atoms with van der Waals surface area (Å²) in [7, 11) is 1.67. The second kappa shape index (κ2) is 6.37. The zero-order chi connectivity index (χ0) is 14.6. The molecule has 1 aliphatic heterocycles. The maximum absolute atomic E-state index is 12.0. The molecule has 1 fully saturated rings. The van der Waals surface area contributed by atoms with Crippen LogP contribution in [0.2, 0.25) is 0 Å². The van der Waals surface area contributed by atoms with E-state index in [1.165, 1.54) is 4.90 Å². The van der Waals surface area contributed by atoms with E-state index in [9.17, 15) is 9.59 Å². The topological polar surface area (TPSA) is 52.7 Å². The molecule has 1 aliphatic rings. The van der Waals surface area contributed by atoms with Crippen LogP contribution in [0.5, 0.6) is 0 Å². The van der Waals surface area contributed by atoms with Gasteiger partial charge >= 0.3 is 0 Å². The zero-order valence-corrected chi connectivity index (χ0v) is 12.8. The van der Waals surface area contributed by atoms with E-state index in [1.807, 2.05) is 0 Å². The minimum absolute atomic E-state index is 0.0164. The van der Waals surface area contributed by atoms with Gasteiger partial charge in [0.25, 0.3) is 0 Å². The lowest BCUT2D eigenvalue weighted by Gasteiger charge is -2.38. The van der Waals surface area contributed by atoms with Crippen LogP contribution in [0, 0.1) is 5.41 Å². The standard InChI is InChI=1S/C14H27N3O2/c1-6-7-15-11(14(2,3)4)8-17-10-12(18)16(5)9-13(17)19/h11,15H,6-10H2,1-5H3. The predicted octanol–water partition coefficient (Wildman–Crippen LogP) is 0.701. The van der Waals surface area contributed by atoms with Gasteiger partial charge < -0.3 is 15.1 Å². The third kappa shape index (κ3) is 4.49. The van der Waals surface area contributed by atoms with E-state index >= 15 is 0 Å². The Morgan fingerprint density at radius 3 is 2.37 bits per heavy atom. The average molecular weight is 269 g/mol. The fourth-order valence-corrected chi connectivity index (χ4v) is 2.11. The number of carbonyl (C=O) groups is 2. The summed E-state index contributed by atoms with van der Waals surface area (Å²) in [5.74, 6) is 0.0531. The van der Waals surface area contributed by atoms with E-state index in [4.69, 9.17) is 0 Å². The van der Waals surface area contributed by atoms with Crippen molar-refractivity contribution in [1.29, 1.82) is 0 Å². The molecule has 0 aromatic carbocycles. The Balaban J connectivity index is 2.67. The normalized spacial score (nSPS) is 19.0. The molecule has 110 valence electrons. The van der Waals surface area contributed by atoms with Crippen molar-refractivity contribution in [3.8, 4) is 0 Å². The first-order valence-corrected chi connectivity index (χ1v) is 7.00. The van der Waals surface area contributed by atoms with Crippen LogP contribution in [0.4, 0.5) is 0 Å². The van der Waals surface area contributed by atoms with Crippen molar-refractivity contribution in [2.45, 2.75) is 40.2 Å². The van der Waals surface area contributed by atoms with Crippen LogP contribution in [0.25, 0.3) is 0 Å². The SMILES string of the molecule is CCCNC(CN1CC(=O)N(C)CC1=O)C(C)(C)C. The highest BCUT2D eigenvalue weighted by Crippen LogP contribution is 2.21. The van der Waals surface area contributed by atoms with Gasteiger partial charge in [-0.25, -0.2) is 0 Å². The largest absolute Gasteiger partial charge is 0.335 e. The van der Waals surface area contributed by atoms with E-state index in [0.717, 1.165) is 13.0 Å². The Kier molecular flexibility index (Phi) is 5.35. The van der Waals surface area contributed by atoms with Crippen LogP contribution >= 0.6 is 0 Å². The summed E-state index contributed by atoms with van der Waals surface area (Å²) in [6.45, 7) is 10.5. The van der Waals surface area contributed by atoms with Crippen molar-refractivity contribution >= 4 is 11.8 Å². The molecular weight excluding hydrogens is 242 g/mol. The molecule has 0 spiro atoms. The summed E-state index contributed by atoms with van der Waals surface area (Å²) in [4.78, 5) is 26.9.